The van der Waals surface area contributed by atoms with Crippen molar-refractivity contribution in [3.8, 4) is 0 Å². The van der Waals surface area contributed by atoms with Gasteiger partial charge in [0.2, 0.25) is 0 Å². The number of nitrogens with two attached hydrogens (primary N) is 1. The van der Waals surface area contributed by atoms with E-state index in [1.807, 2.05) is 0 Å². The minimum absolute atomic E-state index is 0.0324. The van der Waals surface area contributed by atoms with Crippen molar-refractivity contribution in [1.29, 1.82) is 0 Å². The molecule has 0 saturated carbocycles. The highest BCUT2D eigenvalue weighted by Crippen LogP contribution is 2.43. The van der Waals surface area contributed by atoms with Gasteiger partial charge < -0.3 is 20.1 Å². The standard InChI is InChI=1S/C73H112NO8P/c1-3-5-7-9-11-13-15-17-19-21-23-25-27-28-29-30-31-32-33-34-35-36-37-38-39-40-41-42-44-46-48-50-52-54-56-58-60-62-64-66-73(76)82-71(70-81-83(77,78)80-68-67-74)69-79-72(75)65-63-61-59-57-55-53-51-49-47-45-43-26-24-22-20-18-16-14-12-10-8-6-4-2/h5-8,11-14,17-20,23-26,28-29,31-32,34-35,37-38,40-41,44-47,50,52,56,58,71H,3-4,9-10,15-16,21-22,27,30,33,36,39,42-43,48-49,51,53-55,57,59-70,74H2,1-2H3,(H,77,78)/b7-5-,8-6-,13-11-,14-12-,19-17-,20-18-,25-23-,26-24-,29-28-,32-31-,35-34-,38-37-,41-40-,46-44-,47-45-,52-50-,58-56-. The maximum Gasteiger partial charge on any atom is 0.472 e. The van der Waals surface area contributed by atoms with Crippen LogP contribution in [0.4, 0.5) is 0 Å². The van der Waals surface area contributed by atoms with Crippen molar-refractivity contribution in [3.05, 3.63) is 207 Å². The molecule has 0 bridgehead atoms. The summed E-state index contributed by atoms with van der Waals surface area (Å²) in [6.07, 6.45) is 102. The summed E-state index contributed by atoms with van der Waals surface area (Å²) in [5, 5.41) is 0. The minimum atomic E-state index is -4.42. The van der Waals surface area contributed by atoms with Crippen LogP contribution in [0.25, 0.3) is 0 Å². The van der Waals surface area contributed by atoms with Crippen LogP contribution < -0.4 is 5.73 Å². The van der Waals surface area contributed by atoms with Gasteiger partial charge in [-0.15, -0.1) is 0 Å². The van der Waals surface area contributed by atoms with E-state index in [-0.39, 0.29) is 32.6 Å². The van der Waals surface area contributed by atoms with Crippen LogP contribution in [0, 0.1) is 0 Å². The molecule has 2 unspecified atom stereocenters. The molecule has 9 nitrogen and oxygen atoms in total. The van der Waals surface area contributed by atoms with Crippen LogP contribution in [0.15, 0.2) is 207 Å². The summed E-state index contributed by atoms with van der Waals surface area (Å²) in [5.41, 5.74) is 5.38. The molecule has 462 valence electrons. The number of esters is 2. The third-order valence-electron chi connectivity index (χ3n) is 12.2. The van der Waals surface area contributed by atoms with Gasteiger partial charge in [0.1, 0.15) is 6.61 Å². The number of allylic oxidation sites excluding steroid dienone is 34. The van der Waals surface area contributed by atoms with E-state index in [1.54, 1.807) is 0 Å². The van der Waals surface area contributed by atoms with Crippen LogP contribution in [0.1, 0.15) is 206 Å². The van der Waals surface area contributed by atoms with Gasteiger partial charge in [-0.05, 0) is 148 Å². The number of hydrogen-bond acceptors (Lipinski definition) is 8. The first-order valence-corrected chi connectivity index (χ1v) is 33.1. The summed E-state index contributed by atoms with van der Waals surface area (Å²) < 4.78 is 33.0. The van der Waals surface area contributed by atoms with Crippen molar-refractivity contribution in [2.75, 3.05) is 26.4 Å². The Bertz CT molecular complexity index is 2110. The molecule has 0 fully saturated rings. The molecule has 0 aromatic rings. The fourth-order valence-electron chi connectivity index (χ4n) is 7.58. The van der Waals surface area contributed by atoms with Gasteiger partial charge >= 0.3 is 19.8 Å². The first kappa shape index (κ1) is 77.6. The van der Waals surface area contributed by atoms with Gasteiger partial charge in [0.15, 0.2) is 6.10 Å². The molecule has 10 heteroatoms. The zero-order valence-electron chi connectivity index (χ0n) is 51.6. The minimum Gasteiger partial charge on any atom is -0.462 e. The Labute approximate surface area is 506 Å². The lowest BCUT2D eigenvalue weighted by Crippen LogP contribution is -2.29. The zero-order chi connectivity index (χ0) is 60.1. The maximum atomic E-state index is 12.7. The monoisotopic (exact) mass is 1160 g/mol. The molecular weight excluding hydrogens is 1050 g/mol. The van der Waals surface area contributed by atoms with Gasteiger partial charge in [-0.1, -0.05) is 253 Å². The van der Waals surface area contributed by atoms with E-state index in [0.29, 0.717) is 12.8 Å². The molecule has 2 atom stereocenters. The second kappa shape index (κ2) is 65.7. The molecule has 0 aliphatic rings. The summed E-state index contributed by atoms with van der Waals surface area (Å²) in [6.45, 7) is 3.42. The topological polar surface area (TPSA) is 134 Å². The van der Waals surface area contributed by atoms with Crippen molar-refractivity contribution in [1.82, 2.24) is 0 Å². The van der Waals surface area contributed by atoms with Crippen molar-refractivity contribution in [2.45, 2.75) is 213 Å². The second-order valence-electron chi connectivity index (χ2n) is 19.8. The van der Waals surface area contributed by atoms with Crippen molar-refractivity contribution in [3.63, 3.8) is 0 Å². The smallest absolute Gasteiger partial charge is 0.462 e. The summed E-state index contributed by atoms with van der Waals surface area (Å²) in [5.74, 6) is -0.911. The molecule has 0 radical (unpaired) electrons. The number of unbranched alkanes of at least 4 members (excludes halogenated alkanes) is 9. The Balaban J connectivity index is 4.14. The quantitative estimate of drug-likeness (QED) is 0.0264. The Morgan fingerprint density at radius 1 is 0.361 bits per heavy atom. The van der Waals surface area contributed by atoms with E-state index >= 15 is 0 Å². The largest absolute Gasteiger partial charge is 0.472 e. The van der Waals surface area contributed by atoms with Crippen LogP contribution in [-0.2, 0) is 32.7 Å². The first-order chi connectivity index (χ1) is 40.8. The average Bonchev–Trinajstić information content (AvgIpc) is 3.48. The van der Waals surface area contributed by atoms with Gasteiger partial charge in [0.05, 0.1) is 13.2 Å². The van der Waals surface area contributed by atoms with Crippen LogP contribution in [0.5, 0.6) is 0 Å². The predicted octanol–water partition coefficient (Wildman–Crippen LogP) is 20.7. The Morgan fingerprint density at radius 2 is 0.627 bits per heavy atom. The van der Waals surface area contributed by atoms with E-state index in [1.165, 1.54) is 19.3 Å². The Hall–Kier alpha value is -5.41. The molecule has 0 rings (SSSR count). The van der Waals surface area contributed by atoms with Gasteiger partial charge in [-0.25, -0.2) is 4.57 Å². The van der Waals surface area contributed by atoms with E-state index in [2.05, 4.69) is 220 Å². The number of carbonyl (C=O) groups is 2. The SMILES string of the molecule is CC/C=C\C/C=C\C/C=C\C/C=C\C/C=C\C/C=C\C/C=C\C/C=C\C/C=C\C/C=C\C/C=C\C/C=C\CCCCC(=O)OC(COC(=O)CCCCCCCCC/C=C\C/C=C\C/C=C\C/C=C\C/C=C\CC)COP(=O)(O)OCCN. The molecule has 0 aromatic carbocycles. The summed E-state index contributed by atoms with van der Waals surface area (Å²) >= 11 is 0. The zero-order valence-corrected chi connectivity index (χ0v) is 52.5. The number of ether oxygens (including phenoxy) is 2. The molecule has 0 amide bonds. The lowest BCUT2D eigenvalue weighted by Gasteiger charge is -2.19. The maximum absolute atomic E-state index is 12.7. The number of phosphoric ester groups is 1. The van der Waals surface area contributed by atoms with E-state index in [0.717, 1.165) is 148 Å². The van der Waals surface area contributed by atoms with Crippen LogP contribution in [0.2, 0.25) is 0 Å². The molecule has 0 spiro atoms. The summed E-state index contributed by atoms with van der Waals surface area (Å²) in [6, 6.07) is 0. The van der Waals surface area contributed by atoms with Crippen LogP contribution in [0.3, 0.4) is 0 Å². The van der Waals surface area contributed by atoms with Crippen molar-refractivity contribution < 1.29 is 37.6 Å². The molecule has 83 heavy (non-hydrogen) atoms. The summed E-state index contributed by atoms with van der Waals surface area (Å²) in [7, 11) is -4.42. The fraction of sp³-hybridized carbons (Fsp3) is 0.507. The highest BCUT2D eigenvalue weighted by atomic mass is 31.2. The third-order valence-corrected chi connectivity index (χ3v) is 13.1. The Kier molecular flexibility index (Phi) is 61.5. The number of phosphoric acid groups is 1. The lowest BCUT2D eigenvalue weighted by atomic mass is 10.1. The Morgan fingerprint density at radius 3 is 0.952 bits per heavy atom. The lowest BCUT2D eigenvalue weighted by molar-refractivity contribution is -0.161. The molecule has 3 N–H and O–H groups in total. The van der Waals surface area contributed by atoms with Crippen LogP contribution in [-0.4, -0.2) is 49.3 Å². The first-order valence-electron chi connectivity index (χ1n) is 31.6. The highest BCUT2D eigenvalue weighted by Gasteiger charge is 2.26. The normalized spacial score (nSPS) is 14.4. The van der Waals surface area contributed by atoms with E-state index in [4.69, 9.17) is 24.3 Å². The number of rotatable bonds is 56. The number of carbonyl (C=O) groups excluding carboxylic acids is 2. The van der Waals surface area contributed by atoms with Crippen molar-refractivity contribution >= 4 is 19.8 Å². The predicted molar refractivity (Wildman–Crippen MR) is 357 cm³/mol. The van der Waals surface area contributed by atoms with Gasteiger partial charge in [0, 0.05) is 19.4 Å². The molecule has 0 aliphatic carbocycles. The molecule has 0 saturated heterocycles. The van der Waals surface area contributed by atoms with Gasteiger partial charge in [-0.3, -0.25) is 18.6 Å². The van der Waals surface area contributed by atoms with Gasteiger partial charge in [0.25, 0.3) is 0 Å². The molecule has 0 aliphatic heterocycles. The van der Waals surface area contributed by atoms with E-state index in [9.17, 15) is 19.0 Å². The average molecular weight is 1160 g/mol. The molecule has 0 heterocycles. The molecule has 0 aromatic heterocycles. The van der Waals surface area contributed by atoms with Gasteiger partial charge in [-0.2, -0.15) is 0 Å². The number of hydrogen-bond donors (Lipinski definition) is 2. The van der Waals surface area contributed by atoms with Crippen LogP contribution >= 0.6 is 7.82 Å². The fourth-order valence-corrected chi connectivity index (χ4v) is 8.35. The second-order valence-corrected chi connectivity index (χ2v) is 21.3. The highest BCUT2D eigenvalue weighted by molar-refractivity contribution is 7.47. The molecular formula is C73H112NO8P. The van der Waals surface area contributed by atoms with E-state index < -0.39 is 32.5 Å². The summed E-state index contributed by atoms with van der Waals surface area (Å²) in [4.78, 5) is 35.2. The third kappa shape index (κ3) is 65.6. The van der Waals surface area contributed by atoms with Crippen molar-refractivity contribution in [2.24, 2.45) is 5.73 Å².